The van der Waals surface area contributed by atoms with Gasteiger partial charge in [0.2, 0.25) is 10.0 Å². The fourth-order valence-electron chi connectivity index (χ4n) is 5.76. The van der Waals surface area contributed by atoms with Crippen LogP contribution in [-0.4, -0.2) is 47.6 Å². The fourth-order valence-corrected chi connectivity index (χ4v) is 7.26. The molecule has 0 spiro atoms. The minimum Gasteiger partial charge on any atom is -0.491 e. The number of hydrogen-bond acceptors (Lipinski definition) is 4. The lowest BCUT2D eigenvalue weighted by Gasteiger charge is -2.17. The number of carboxylic acid groups (broad SMARTS) is 1. The van der Waals surface area contributed by atoms with Crippen LogP contribution < -0.4 is 4.74 Å². The number of rotatable bonds is 8. The van der Waals surface area contributed by atoms with Gasteiger partial charge in [-0.25, -0.2) is 8.42 Å². The molecule has 1 aromatic heterocycles. The highest BCUT2D eigenvalue weighted by molar-refractivity contribution is 7.89. The van der Waals surface area contributed by atoms with E-state index in [-0.39, 0.29) is 23.5 Å². The van der Waals surface area contributed by atoms with Crippen LogP contribution in [0.2, 0.25) is 0 Å². The molecule has 0 amide bonds. The van der Waals surface area contributed by atoms with Crippen LogP contribution >= 0.6 is 0 Å². The topological polar surface area (TPSA) is 88.8 Å². The quantitative estimate of drug-likeness (QED) is 0.441. The fraction of sp³-hybridized carbons (Fsp3) is 0.464. The van der Waals surface area contributed by atoms with Crippen molar-refractivity contribution in [1.82, 2.24) is 8.87 Å². The van der Waals surface area contributed by atoms with Crippen molar-refractivity contribution in [1.29, 1.82) is 0 Å². The van der Waals surface area contributed by atoms with Gasteiger partial charge >= 0.3 is 5.97 Å². The van der Waals surface area contributed by atoms with E-state index in [0.717, 1.165) is 16.5 Å². The van der Waals surface area contributed by atoms with Gasteiger partial charge in [-0.3, -0.25) is 4.79 Å². The van der Waals surface area contributed by atoms with Crippen molar-refractivity contribution in [2.45, 2.75) is 75.3 Å². The van der Waals surface area contributed by atoms with Crippen molar-refractivity contribution < 1.29 is 23.1 Å². The smallest absolute Gasteiger partial charge is 0.323 e. The molecule has 0 radical (unpaired) electrons. The normalized spacial score (nSPS) is 19.5. The van der Waals surface area contributed by atoms with E-state index in [9.17, 15) is 18.3 Å². The molecule has 1 N–H and O–H groups in total. The highest BCUT2D eigenvalue weighted by atomic mass is 32.2. The highest BCUT2D eigenvalue weighted by Crippen LogP contribution is 2.39. The van der Waals surface area contributed by atoms with Crippen LogP contribution in [0, 0.1) is 0 Å². The summed E-state index contributed by atoms with van der Waals surface area (Å²) in [6, 6.07) is 13.0. The zero-order valence-corrected chi connectivity index (χ0v) is 21.7. The maximum absolute atomic E-state index is 13.4. The van der Waals surface area contributed by atoms with Gasteiger partial charge in [0.25, 0.3) is 0 Å². The number of fused-ring (bicyclic) bond motifs is 1. The van der Waals surface area contributed by atoms with Gasteiger partial charge in [0.15, 0.2) is 0 Å². The summed E-state index contributed by atoms with van der Waals surface area (Å²) < 4.78 is 35.7. The lowest BCUT2D eigenvalue weighted by Crippen LogP contribution is -2.28. The molecule has 36 heavy (non-hydrogen) atoms. The maximum atomic E-state index is 13.4. The third-order valence-electron chi connectivity index (χ3n) is 7.49. The van der Waals surface area contributed by atoms with Gasteiger partial charge in [0.05, 0.1) is 11.0 Å². The van der Waals surface area contributed by atoms with Crippen molar-refractivity contribution in [2.75, 3.05) is 13.1 Å². The van der Waals surface area contributed by atoms with Gasteiger partial charge in [0.1, 0.15) is 12.3 Å². The van der Waals surface area contributed by atoms with E-state index in [1.807, 2.05) is 24.6 Å². The molecule has 1 aliphatic carbocycles. The number of sulfonamides is 1. The molecule has 192 valence electrons. The van der Waals surface area contributed by atoms with E-state index >= 15 is 0 Å². The van der Waals surface area contributed by atoms with Crippen LogP contribution in [0.3, 0.4) is 0 Å². The monoisotopic (exact) mass is 510 g/mol. The SMILES string of the molecule is CC(C)Oc1ccc(S(=O)(=O)N2CCC(c3cn(CC(=O)O)c4cc(C5CCCC5)ccc34)C2)cc1. The molecular formula is C28H34N2O5S. The first-order valence-corrected chi connectivity index (χ1v) is 14.3. The molecule has 1 saturated heterocycles. The molecule has 2 heterocycles. The second-order valence-electron chi connectivity index (χ2n) is 10.4. The number of nitrogens with zero attached hydrogens (tertiary/aromatic N) is 2. The predicted molar refractivity (Wildman–Crippen MR) is 139 cm³/mol. The minimum atomic E-state index is -3.63. The molecule has 1 unspecified atom stereocenters. The Morgan fingerprint density at radius 1 is 1.06 bits per heavy atom. The van der Waals surface area contributed by atoms with Gasteiger partial charge in [-0.2, -0.15) is 4.31 Å². The van der Waals surface area contributed by atoms with E-state index in [1.165, 1.54) is 31.2 Å². The third kappa shape index (κ3) is 4.89. The summed E-state index contributed by atoms with van der Waals surface area (Å²) >= 11 is 0. The number of aromatic nitrogens is 1. The molecule has 2 aliphatic rings. The Hall–Kier alpha value is -2.84. The molecule has 2 aromatic carbocycles. The highest BCUT2D eigenvalue weighted by Gasteiger charge is 2.35. The second kappa shape index (κ2) is 9.90. The summed E-state index contributed by atoms with van der Waals surface area (Å²) in [7, 11) is -3.63. The van der Waals surface area contributed by atoms with E-state index < -0.39 is 16.0 Å². The summed E-state index contributed by atoms with van der Waals surface area (Å²) in [6.45, 7) is 4.56. The van der Waals surface area contributed by atoms with Gasteiger partial charge in [-0.15, -0.1) is 0 Å². The summed E-state index contributed by atoms with van der Waals surface area (Å²) in [6.07, 6.45) is 7.48. The van der Waals surface area contributed by atoms with E-state index in [1.54, 1.807) is 28.6 Å². The molecule has 7 nitrogen and oxygen atoms in total. The average molecular weight is 511 g/mol. The zero-order chi connectivity index (χ0) is 25.4. The molecular weight excluding hydrogens is 476 g/mol. The number of hydrogen-bond donors (Lipinski definition) is 1. The van der Waals surface area contributed by atoms with Crippen LogP contribution in [0.15, 0.2) is 53.6 Å². The number of aliphatic carboxylic acids is 1. The average Bonchev–Trinajstić information content (AvgIpc) is 3.59. The Labute approximate surface area is 212 Å². The Kier molecular flexibility index (Phi) is 6.83. The van der Waals surface area contributed by atoms with Crippen molar-refractivity contribution in [3.8, 4) is 5.75 Å². The molecule has 5 rings (SSSR count). The second-order valence-corrected chi connectivity index (χ2v) is 12.3. The standard InChI is InChI=1S/C28H34N2O5S/c1-19(2)35-23-8-10-24(11-9-23)36(33,34)30-14-13-22(16-30)26-17-29(18-28(31)32)27-15-21(7-12-25(26)27)20-5-3-4-6-20/h7-12,15,17,19-20,22H,3-6,13-14,16,18H2,1-2H3,(H,31,32). The zero-order valence-electron chi connectivity index (χ0n) is 20.9. The van der Waals surface area contributed by atoms with Crippen LogP contribution in [-0.2, 0) is 21.4 Å². The number of benzene rings is 2. The molecule has 2 fully saturated rings. The van der Waals surface area contributed by atoms with Crippen LogP contribution in [0.25, 0.3) is 10.9 Å². The first-order valence-electron chi connectivity index (χ1n) is 12.8. The third-order valence-corrected chi connectivity index (χ3v) is 9.37. The molecule has 1 atom stereocenters. The summed E-state index contributed by atoms with van der Waals surface area (Å²) in [4.78, 5) is 11.8. The van der Waals surface area contributed by atoms with Gasteiger partial charge in [0, 0.05) is 36.1 Å². The van der Waals surface area contributed by atoms with Crippen molar-refractivity contribution in [2.24, 2.45) is 0 Å². The molecule has 3 aromatic rings. The first-order chi connectivity index (χ1) is 17.2. The minimum absolute atomic E-state index is 0.0122. The summed E-state index contributed by atoms with van der Waals surface area (Å²) in [5.41, 5.74) is 3.23. The number of carbonyl (C=O) groups is 1. The maximum Gasteiger partial charge on any atom is 0.323 e. The van der Waals surface area contributed by atoms with Crippen molar-refractivity contribution >= 4 is 26.9 Å². The van der Waals surface area contributed by atoms with Crippen LogP contribution in [0.5, 0.6) is 5.75 Å². The Bertz CT molecular complexity index is 1350. The number of ether oxygens (including phenoxy) is 1. The molecule has 1 saturated carbocycles. The van der Waals surface area contributed by atoms with Gasteiger partial charge in [-0.05, 0) is 80.5 Å². The van der Waals surface area contributed by atoms with Crippen molar-refractivity contribution in [3.05, 3.63) is 59.8 Å². The van der Waals surface area contributed by atoms with E-state index in [2.05, 4.69) is 18.2 Å². The van der Waals surface area contributed by atoms with Gasteiger partial charge in [-0.1, -0.05) is 25.0 Å². The largest absolute Gasteiger partial charge is 0.491 e. The Morgan fingerprint density at radius 3 is 2.44 bits per heavy atom. The Balaban J connectivity index is 1.41. The predicted octanol–water partition coefficient (Wildman–Crippen LogP) is 5.35. The Morgan fingerprint density at radius 2 is 1.78 bits per heavy atom. The first kappa shape index (κ1) is 24.8. The van der Waals surface area contributed by atoms with Gasteiger partial charge < -0.3 is 14.4 Å². The lowest BCUT2D eigenvalue weighted by atomic mass is 9.94. The lowest BCUT2D eigenvalue weighted by molar-refractivity contribution is -0.137. The summed E-state index contributed by atoms with van der Waals surface area (Å²) in [5, 5.41) is 10.5. The number of carboxylic acids is 1. The molecule has 0 bridgehead atoms. The van der Waals surface area contributed by atoms with Crippen LogP contribution in [0.4, 0.5) is 0 Å². The summed E-state index contributed by atoms with van der Waals surface area (Å²) in [5.74, 6) is 0.311. The molecule has 1 aliphatic heterocycles. The van der Waals surface area contributed by atoms with Crippen molar-refractivity contribution in [3.63, 3.8) is 0 Å². The van der Waals surface area contributed by atoms with E-state index in [4.69, 9.17) is 4.74 Å². The van der Waals surface area contributed by atoms with E-state index in [0.29, 0.717) is 31.2 Å². The van der Waals surface area contributed by atoms with Crippen LogP contribution in [0.1, 0.15) is 68.9 Å². The molecule has 8 heteroatoms.